The molecule has 1 saturated heterocycles. The number of nitro benzene ring substituents is 1. The van der Waals surface area contributed by atoms with Crippen molar-refractivity contribution >= 4 is 30.5 Å². The van der Waals surface area contributed by atoms with Crippen molar-refractivity contribution in [2.45, 2.75) is 18.9 Å². The SMILES string of the molecule is C=CCC[C@@H](c1cc(O)c(O)c([N+](=O)[O-])c1)N1CCNCC1.Cl.Cl. The number of phenolic OH excluding ortho intramolecular Hbond substituents is 2. The number of rotatable bonds is 6. The van der Waals surface area contributed by atoms with Crippen molar-refractivity contribution < 1.29 is 15.1 Å². The molecule has 1 aromatic carbocycles. The van der Waals surface area contributed by atoms with Crippen LogP contribution in [0.1, 0.15) is 24.4 Å². The largest absolute Gasteiger partial charge is 0.504 e. The summed E-state index contributed by atoms with van der Waals surface area (Å²) in [6, 6.07) is 2.72. The van der Waals surface area contributed by atoms with Crippen LogP contribution in [0.3, 0.4) is 0 Å². The fraction of sp³-hybridized carbons (Fsp3) is 0.467. The zero-order valence-corrected chi connectivity index (χ0v) is 14.8. The van der Waals surface area contributed by atoms with Crippen LogP contribution >= 0.6 is 24.8 Å². The van der Waals surface area contributed by atoms with Crippen molar-refractivity contribution in [2.75, 3.05) is 26.2 Å². The number of benzene rings is 1. The van der Waals surface area contributed by atoms with Gasteiger partial charge in [-0.25, -0.2) is 0 Å². The average molecular weight is 380 g/mol. The summed E-state index contributed by atoms with van der Waals surface area (Å²) >= 11 is 0. The van der Waals surface area contributed by atoms with E-state index in [0.717, 1.165) is 39.0 Å². The third-order valence-corrected chi connectivity index (χ3v) is 3.91. The van der Waals surface area contributed by atoms with E-state index in [0.29, 0.717) is 5.56 Å². The van der Waals surface area contributed by atoms with Gasteiger partial charge in [0.1, 0.15) is 0 Å². The summed E-state index contributed by atoms with van der Waals surface area (Å²) in [6.45, 7) is 7.10. The second kappa shape index (κ2) is 10.4. The highest BCUT2D eigenvalue weighted by Gasteiger charge is 2.26. The first-order valence-corrected chi connectivity index (χ1v) is 7.30. The molecule has 136 valence electrons. The van der Waals surface area contributed by atoms with Crippen molar-refractivity contribution in [3.05, 3.63) is 40.5 Å². The van der Waals surface area contributed by atoms with Gasteiger partial charge in [-0.15, -0.1) is 31.4 Å². The summed E-state index contributed by atoms with van der Waals surface area (Å²) in [5, 5.41) is 33.7. The van der Waals surface area contributed by atoms with Gasteiger partial charge in [-0.3, -0.25) is 15.0 Å². The van der Waals surface area contributed by atoms with Gasteiger partial charge in [-0.2, -0.15) is 0 Å². The van der Waals surface area contributed by atoms with E-state index in [1.54, 1.807) is 0 Å². The van der Waals surface area contributed by atoms with Gasteiger partial charge in [0.25, 0.3) is 0 Å². The van der Waals surface area contributed by atoms with E-state index in [1.807, 2.05) is 6.08 Å². The Morgan fingerprint density at radius 3 is 2.50 bits per heavy atom. The smallest absolute Gasteiger partial charge is 0.314 e. The Bertz CT molecular complexity index is 566. The van der Waals surface area contributed by atoms with E-state index >= 15 is 0 Å². The van der Waals surface area contributed by atoms with Crippen LogP contribution in [-0.2, 0) is 0 Å². The van der Waals surface area contributed by atoms with Crippen LogP contribution in [-0.4, -0.2) is 46.2 Å². The van der Waals surface area contributed by atoms with E-state index in [1.165, 1.54) is 12.1 Å². The van der Waals surface area contributed by atoms with Gasteiger partial charge >= 0.3 is 5.69 Å². The summed E-state index contributed by atoms with van der Waals surface area (Å²) in [4.78, 5) is 12.6. The summed E-state index contributed by atoms with van der Waals surface area (Å²) in [5.74, 6) is -1.14. The molecule has 1 heterocycles. The standard InChI is InChI=1S/C15H21N3O4.2ClH/c1-2-3-4-12(17-7-5-16-6-8-17)11-9-13(18(21)22)15(20)14(19)10-11;;/h2,9-10,12,16,19-20H,1,3-8H2;2*1H/t12-;;/m0../s1. The quantitative estimate of drug-likeness (QED) is 0.304. The highest BCUT2D eigenvalue weighted by molar-refractivity contribution is 5.85. The zero-order valence-electron chi connectivity index (χ0n) is 13.2. The van der Waals surface area contributed by atoms with Crippen molar-refractivity contribution in [3.8, 4) is 11.5 Å². The highest BCUT2D eigenvalue weighted by Crippen LogP contribution is 2.40. The third kappa shape index (κ3) is 5.24. The molecular weight excluding hydrogens is 357 g/mol. The lowest BCUT2D eigenvalue weighted by atomic mass is 9.98. The summed E-state index contributed by atoms with van der Waals surface area (Å²) in [6.07, 6.45) is 3.33. The van der Waals surface area contributed by atoms with E-state index < -0.39 is 22.1 Å². The first-order valence-electron chi connectivity index (χ1n) is 7.30. The normalized spacial score (nSPS) is 15.7. The Balaban J connectivity index is 0.00000264. The number of halogens is 2. The van der Waals surface area contributed by atoms with E-state index in [-0.39, 0.29) is 30.9 Å². The molecule has 0 saturated carbocycles. The topological polar surface area (TPSA) is 98.9 Å². The monoisotopic (exact) mass is 379 g/mol. The number of phenols is 2. The second-order valence-corrected chi connectivity index (χ2v) is 5.33. The van der Waals surface area contributed by atoms with Crippen LogP contribution in [0.2, 0.25) is 0 Å². The van der Waals surface area contributed by atoms with Crippen molar-refractivity contribution in [2.24, 2.45) is 0 Å². The van der Waals surface area contributed by atoms with Gasteiger partial charge in [0, 0.05) is 38.3 Å². The maximum absolute atomic E-state index is 11.0. The van der Waals surface area contributed by atoms with E-state index in [4.69, 9.17) is 0 Å². The van der Waals surface area contributed by atoms with Gasteiger partial charge in [0.15, 0.2) is 5.75 Å². The molecule has 0 spiro atoms. The Hall–Kier alpha value is -1.54. The molecule has 0 aromatic heterocycles. The minimum Gasteiger partial charge on any atom is -0.504 e. The maximum atomic E-state index is 11.0. The van der Waals surface area contributed by atoms with E-state index in [9.17, 15) is 20.3 Å². The molecule has 0 radical (unpaired) electrons. The van der Waals surface area contributed by atoms with Crippen LogP contribution in [0, 0.1) is 10.1 Å². The average Bonchev–Trinajstić information content (AvgIpc) is 2.51. The number of nitrogens with zero attached hydrogens (tertiary/aromatic N) is 2. The van der Waals surface area contributed by atoms with Crippen LogP contribution in [0.15, 0.2) is 24.8 Å². The third-order valence-electron chi connectivity index (χ3n) is 3.91. The molecule has 1 fully saturated rings. The Morgan fingerprint density at radius 1 is 1.33 bits per heavy atom. The fourth-order valence-corrected chi connectivity index (χ4v) is 2.79. The predicted molar refractivity (Wildman–Crippen MR) is 97.5 cm³/mol. The minimum absolute atomic E-state index is 0. The first-order chi connectivity index (χ1) is 10.5. The van der Waals surface area contributed by atoms with Gasteiger partial charge in [0.2, 0.25) is 5.75 Å². The molecule has 7 nitrogen and oxygen atoms in total. The minimum atomic E-state index is -0.684. The lowest BCUT2D eigenvalue weighted by molar-refractivity contribution is -0.386. The molecule has 1 aliphatic rings. The molecule has 3 N–H and O–H groups in total. The molecule has 0 unspecified atom stereocenters. The Labute approximate surface area is 153 Å². The maximum Gasteiger partial charge on any atom is 0.314 e. The molecule has 0 amide bonds. The van der Waals surface area contributed by atoms with Crippen LogP contribution < -0.4 is 5.32 Å². The molecule has 2 rings (SSSR count). The molecule has 9 heteroatoms. The molecule has 24 heavy (non-hydrogen) atoms. The van der Waals surface area contributed by atoms with Gasteiger partial charge in [-0.1, -0.05) is 6.08 Å². The summed E-state index contributed by atoms with van der Waals surface area (Å²) in [5.41, 5.74) is 0.180. The molecule has 0 aliphatic carbocycles. The summed E-state index contributed by atoms with van der Waals surface area (Å²) in [7, 11) is 0. The molecule has 1 aliphatic heterocycles. The number of nitro groups is 1. The molecular formula is C15H23Cl2N3O4. The molecule has 1 atom stereocenters. The second-order valence-electron chi connectivity index (χ2n) is 5.33. The molecule has 0 bridgehead atoms. The number of aromatic hydroxyl groups is 2. The van der Waals surface area contributed by atoms with Crippen molar-refractivity contribution in [3.63, 3.8) is 0 Å². The van der Waals surface area contributed by atoms with Crippen LogP contribution in [0.25, 0.3) is 0 Å². The fourth-order valence-electron chi connectivity index (χ4n) is 2.79. The lowest BCUT2D eigenvalue weighted by Crippen LogP contribution is -2.45. The van der Waals surface area contributed by atoms with Crippen LogP contribution in [0.4, 0.5) is 5.69 Å². The number of hydrogen-bond donors (Lipinski definition) is 3. The highest BCUT2D eigenvalue weighted by atomic mass is 35.5. The Kier molecular flexibility index (Phi) is 9.69. The number of piperazine rings is 1. The summed E-state index contributed by atoms with van der Waals surface area (Å²) < 4.78 is 0. The van der Waals surface area contributed by atoms with Crippen LogP contribution in [0.5, 0.6) is 11.5 Å². The number of hydrogen-bond acceptors (Lipinski definition) is 6. The Morgan fingerprint density at radius 2 is 1.96 bits per heavy atom. The van der Waals surface area contributed by atoms with E-state index in [2.05, 4.69) is 16.8 Å². The van der Waals surface area contributed by atoms with Gasteiger partial charge in [-0.05, 0) is 24.5 Å². The number of allylic oxidation sites excluding steroid dienone is 1. The van der Waals surface area contributed by atoms with Crippen molar-refractivity contribution in [1.29, 1.82) is 0 Å². The zero-order chi connectivity index (χ0) is 16.1. The number of nitrogens with one attached hydrogen (secondary N) is 1. The first kappa shape index (κ1) is 22.5. The lowest BCUT2D eigenvalue weighted by Gasteiger charge is -2.35. The predicted octanol–water partition coefficient (Wildman–Crippen LogP) is 2.76. The van der Waals surface area contributed by atoms with Gasteiger partial charge < -0.3 is 15.5 Å². The van der Waals surface area contributed by atoms with Crippen molar-refractivity contribution in [1.82, 2.24) is 10.2 Å². The molecule has 1 aromatic rings. The van der Waals surface area contributed by atoms with Gasteiger partial charge in [0.05, 0.1) is 4.92 Å².